The van der Waals surface area contributed by atoms with E-state index in [9.17, 15) is 4.79 Å². The van der Waals surface area contributed by atoms with Gasteiger partial charge in [0.1, 0.15) is 12.4 Å². The third-order valence-electron chi connectivity index (χ3n) is 8.70. The van der Waals surface area contributed by atoms with Crippen LogP contribution in [0.4, 0.5) is 0 Å². The molecule has 2 aliphatic rings. The predicted molar refractivity (Wildman–Crippen MR) is 152 cm³/mol. The number of nitrogens with zero attached hydrogens (tertiary/aromatic N) is 3. The van der Waals surface area contributed by atoms with Gasteiger partial charge in [-0.3, -0.25) is 14.7 Å². The summed E-state index contributed by atoms with van der Waals surface area (Å²) >= 11 is 0. The molecule has 2 aliphatic heterocycles. The van der Waals surface area contributed by atoms with Crippen LogP contribution in [0.15, 0.2) is 67.0 Å². The van der Waals surface area contributed by atoms with Crippen molar-refractivity contribution >= 4 is 5.91 Å². The van der Waals surface area contributed by atoms with Gasteiger partial charge < -0.3 is 9.64 Å². The minimum atomic E-state index is 0.188. The topological polar surface area (TPSA) is 45.7 Å². The second-order valence-corrected chi connectivity index (χ2v) is 11.3. The summed E-state index contributed by atoms with van der Waals surface area (Å²) in [6.45, 7) is 9.29. The van der Waals surface area contributed by atoms with Crippen molar-refractivity contribution in [3.8, 4) is 5.75 Å². The molecular formula is C33H41N3O2. The Balaban J connectivity index is 1.33. The van der Waals surface area contributed by atoms with Crippen molar-refractivity contribution in [2.75, 3.05) is 32.8 Å². The summed E-state index contributed by atoms with van der Waals surface area (Å²) in [6, 6.07) is 18.8. The van der Waals surface area contributed by atoms with Gasteiger partial charge in [-0.2, -0.15) is 0 Å². The molecule has 5 nitrogen and oxygen atoms in total. The van der Waals surface area contributed by atoms with Gasteiger partial charge in [-0.1, -0.05) is 36.8 Å². The Kier molecular flexibility index (Phi) is 8.43. The number of rotatable bonds is 3. The normalized spacial score (nSPS) is 18.6. The van der Waals surface area contributed by atoms with Crippen LogP contribution in [0.5, 0.6) is 5.75 Å². The summed E-state index contributed by atoms with van der Waals surface area (Å²) in [6.07, 6.45) is 10.5. The van der Waals surface area contributed by atoms with E-state index < -0.39 is 0 Å². The van der Waals surface area contributed by atoms with Crippen molar-refractivity contribution in [2.45, 2.75) is 58.9 Å². The maximum Gasteiger partial charge on any atom is 0.254 e. The van der Waals surface area contributed by atoms with Crippen LogP contribution in [0, 0.1) is 19.3 Å². The molecular weight excluding hydrogens is 470 g/mol. The van der Waals surface area contributed by atoms with Crippen LogP contribution in [0.1, 0.15) is 64.7 Å². The highest BCUT2D eigenvalue weighted by Crippen LogP contribution is 2.39. The average molecular weight is 512 g/mol. The molecule has 0 atom stereocenters. The number of hydrogen-bond donors (Lipinski definition) is 0. The van der Waals surface area contributed by atoms with Gasteiger partial charge >= 0.3 is 0 Å². The van der Waals surface area contributed by atoms with Crippen LogP contribution >= 0.6 is 0 Å². The van der Waals surface area contributed by atoms with Gasteiger partial charge in [0.25, 0.3) is 5.91 Å². The van der Waals surface area contributed by atoms with E-state index in [4.69, 9.17) is 4.74 Å². The highest BCUT2D eigenvalue weighted by molar-refractivity contribution is 5.96. The van der Waals surface area contributed by atoms with Crippen molar-refractivity contribution in [3.05, 3.63) is 94.8 Å². The molecule has 0 aliphatic carbocycles. The second-order valence-electron chi connectivity index (χ2n) is 11.3. The van der Waals surface area contributed by atoms with Crippen LogP contribution in [0.25, 0.3) is 0 Å². The molecule has 0 N–H and O–H groups in total. The van der Waals surface area contributed by atoms with Gasteiger partial charge in [0, 0.05) is 50.7 Å². The Morgan fingerprint density at radius 3 is 2.53 bits per heavy atom. The zero-order chi connectivity index (χ0) is 26.4. The Morgan fingerprint density at radius 1 is 0.921 bits per heavy atom. The van der Waals surface area contributed by atoms with Gasteiger partial charge in [-0.15, -0.1) is 0 Å². The first-order valence-corrected chi connectivity index (χ1v) is 14.2. The summed E-state index contributed by atoms with van der Waals surface area (Å²) in [5.74, 6) is 1.22. The van der Waals surface area contributed by atoms with Crippen molar-refractivity contribution in [1.29, 1.82) is 0 Å². The Bertz CT molecular complexity index is 1220. The number of benzene rings is 2. The quantitative estimate of drug-likeness (QED) is 0.418. The molecule has 0 bridgehead atoms. The average Bonchev–Trinajstić information content (AvgIpc) is 2.93. The maximum atomic E-state index is 13.5. The van der Waals surface area contributed by atoms with Gasteiger partial charge in [-0.05, 0) is 97.9 Å². The van der Waals surface area contributed by atoms with Crippen molar-refractivity contribution in [2.24, 2.45) is 5.41 Å². The molecule has 5 heteroatoms. The molecule has 0 unspecified atom stereocenters. The van der Waals surface area contributed by atoms with Gasteiger partial charge in [0.2, 0.25) is 0 Å². The lowest BCUT2D eigenvalue weighted by Crippen LogP contribution is -2.48. The van der Waals surface area contributed by atoms with Crippen LogP contribution in [-0.2, 0) is 13.0 Å². The Labute approximate surface area is 227 Å². The Hall–Kier alpha value is -3.18. The van der Waals surface area contributed by atoms with Crippen molar-refractivity contribution in [3.63, 3.8) is 0 Å². The van der Waals surface area contributed by atoms with Crippen LogP contribution in [0.3, 0.4) is 0 Å². The summed E-state index contributed by atoms with van der Waals surface area (Å²) in [7, 11) is 0. The zero-order valence-corrected chi connectivity index (χ0v) is 23.0. The number of fused-ring (bicyclic) bond motifs is 1. The highest BCUT2D eigenvalue weighted by atomic mass is 16.5. The minimum absolute atomic E-state index is 0.188. The van der Waals surface area contributed by atoms with E-state index in [1.54, 1.807) is 0 Å². The lowest BCUT2D eigenvalue weighted by atomic mass is 9.73. The fourth-order valence-corrected chi connectivity index (χ4v) is 6.21. The molecule has 1 amide bonds. The highest BCUT2D eigenvalue weighted by Gasteiger charge is 2.37. The molecule has 0 radical (unpaired) electrons. The summed E-state index contributed by atoms with van der Waals surface area (Å²) in [5.41, 5.74) is 5.95. The van der Waals surface area contributed by atoms with Gasteiger partial charge in [-0.25, -0.2) is 0 Å². The number of amides is 1. The predicted octanol–water partition coefficient (Wildman–Crippen LogP) is 6.23. The molecule has 1 aromatic heterocycles. The van der Waals surface area contributed by atoms with Crippen LogP contribution in [0.2, 0.25) is 0 Å². The SMILES string of the molecule is Cc1cccc(C(=O)N2CCC3(CCCCc4ccccc4OCCN(Cc4ccncc4)C3)CC2)c1C. The maximum absolute atomic E-state index is 13.5. The van der Waals surface area contributed by atoms with Crippen LogP contribution in [-0.4, -0.2) is 53.5 Å². The number of pyridine rings is 1. The standard InChI is InChI=1S/C33H41N3O2/c1-26-8-7-11-30(27(26)2)32(37)36-20-16-33(17-21-36)15-6-5-10-29-9-3-4-12-31(29)38-23-22-35(25-33)24-28-13-18-34-19-14-28/h3-4,7-9,11-14,18-19H,5-6,10,15-17,20-25H2,1-2H3. The number of aromatic nitrogens is 1. The lowest BCUT2D eigenvalue weighted by molar-refractivity contribution is 0.0360. The Morgan fingerprint density at radius 2 is 1.71 bits per heavy atom. The zero-order valence-electron chi connectivity index (χ0n) is 23.0. The number of ether oxygens (including phenoxy) is 1. The fourth-order valence-electron chi connectivity index (χ4n) is 6.21. The number of piperidine rings is 1. The van der Waals surface area contributed by atoms with Crippen molar-refractivity contribution in [1.82, 2.24) is 14.8 Å². The number of carbonyl (C=O) groups is 1. The van der Waals surface area contributed by atoms with Gasteiger partial charge in [0.05, 0.1) is 0 Å². The van der Waals surface area contributed by atoms with E-state index in [1.807, 2.05) is 24.5 Å². The summed E-state index contributed by atoms with van der Waals surface area (Å²) < 4.78 is 6.32. The number of likely N-dealkylation sites (tertiary alicyclic amines) is 1. The monoisotopic (exact) mass is 511 g/mol. The molecule has 5 rings (SSSR count). The molecule has 1 spiro atoms. The molecule has 3 heterocycles. The van der Waals surface area contributed by atoms with E-state index in [1.165, 1.54) is 29.5 Å². The smallest absolute Gasteiger partial charge is 0.254 e. The number of hydrogen-bond acceptors (Lipinski definition) is 4. The first-order chi connectivity index (χ1) is 18.5. The largest absolute Gasteiger partial charge is 0.492 e. The number of aryl methyl sites for hydroxylation is 2. The molecule has 1 fully saturated rings. The fraction of sp³-hybridized carbons (Fsp3) is 0.455. The molecule has 1 saturated heterocycles. The van der Waals surface area contributed by atoms with E-state index >= 15 is 0 Å². The van der Waals surface area contributed by atoms with E-state index in [0.29, 0.717) is 6.61 Å². The summed E-state index contributed by atoms with van der Waals surface area (Å²) in [5, 5.41) is 0. The van der Waals surface area contributed by atoms with Gasteiger partial charge in [0.15, 0.2) is 0 Å². The number of carbonyl (C=O) groups excluding carboxylic acids is 1. The van der Waals surface area contributed by atoms with Crippen molar-refractivity contribution < 1.29 is 9.53 Å². The first-order valence-electron chi connectivity index (χ1n) is 14.2. The minimum Gasteiger partial charge on any atom is -0.492 e. The molecule has 3 aromatic rings. The lowest BCUT2D eigenvalue weighted by Gasteiger charge is -2.45. The first kappa shape index (κ1) is 26.4. The van der Waals surface area contributed by atoms with Crippen LogP contribution < -0.4 is 4.74 Å². The summed E-state index contributed by atoms with van der Waals surface area (Å²) in [4.78, 5) is 22.3. The molecule has 38 heavy (non-hydrogen) atoms. The molecule has 0 saturated carbocycles. The van der Waals surface area contributed by atoms with E-state index in [2.05, 4.69) is 71.1 Å². The third-order valence-corrected chi connectivity index (χ3v) is 8.70. The molecule has 200 valence electrons. The molecule has 2 aromatic carbocycles. The number of para-hydroxylation sites is 1. The second kappa shape index (κ2) is 12.1. The third kappa shape index (κ3) is 6.27. The van der Waals surface area contributed by atoms with E-state index in [0.717, 1.165) is 75.3 Å². The van der Waals surface area contributed by atoms with E-state index in [-0.39, 0.29) is 11.3 Å².